The van der Waals surface area contributed by atoms with Crippen molar-refractivity contribution in [2.45, 2.75) is 31.9 Å². The van der Waals surface area contributed by atoms with Crippen molar-refractivity contribution >= 4 is 5.82 Å². The molecule has 0 bridgehead atoms. The van der Waals surface area contributed by atoms with Gasteiger partial charge in [-0.25, -0.2) is 4.98 Å². The number of benzene rings is 1. The molecule has 0 saturated carbocycles. The number of aliphatic hydroxyl groups excluding tert-OH is 1. The maximum atomic E-state index is 10.5. The summed E-state index contributed by atoms with van der Waals surface area (Å²) in [5.41, 5.74) is 8.23. The molecule has 0 radical (unpaired) electrons. The predicted molar refractivity (Wildman–Crippen MR) is 92.8 cm³/mol. The third-order valence-electron chi connectivity index (χ3n) is 4.78. The fourth-order valence-electron chi connectivity index (χ4n) is 3.34. The van der Waals surface area contributed by atoms with Crippen LogP contribution < -0.4 is 5.73 Å². The van der Waals surface area contributed by atoms with Crippen LogP contribution in [0.15, 0.2) is 48.7 Å². The van der Waals surface area contributed by atoms with E-state index in [9.17, 15) is 5.11 Å². The van der Waals surface area contributed by atoms with Crippen LogP contribution >= 0.6 is 0 Å². The second kappa shape index (κ2) is 7.57. The third kappa shape index (κ3) is 4.30. The molecule has 1 aromatic heterocycles. The predicted octanol–water partition coefficient (Wildman–Crippen LogP) is 2.48. The quantitative estimate of drug-likeness (QED) is 0.890. The molecule has 4 heteroatoms. The summed E-state index contributed by atoms with van der Waals surface area (Å²) in [5, 5.41) is 10.5. The van der Waals surface area contributed by atoms with Gasteiger partial charge in [0.15, 0.2) is 0 Å². The highest BCUT2D eigenvalue weighted by Gasteiger charge is 2.25. The summed E-state index contributed by atoms with van der Waals surface area (Å²) < 4.78 is 0. The minimum absolute atomic E-state index is 0.247. The molecule has 122 valence electrons. The van der Waals surface area contributed by atoms with E-state index in [1.807, 2.05) is 30.3 Å². The number of rotatable bonds is 5. The van der Waals surface area contributed by atoms with Gasteiger partial charge in [0.1, 0.15) is 5.82 Å². The molecule has 0 aliphatic carbocycles. The number of aromatic nitrogens is 1. The molecule has 1 aliphatic heterocycles. The topological polar surface area (TPSA) is 62.4 Å². The van der Waals surface area contributed by atoms with Crippen molar-refractivity contribution < 1.29 is 5.11 Å². The number of aliphatic hydroxyl groups is 1. The molecular formula is C19H25N3O. The van der Waals surface area contributed by atoms with Gasteiger partial charge >= 0.3 is 0 Å². The Hall–Kier alpha value is -1.91. The van der Waals surface area contributed by atoms with Crippen LogP contribution in [0.2, 0.25) is 0 Å². The number of pyridine rings is 1. The largest absolute Gasteiger partial charge is 0.392 e. The van der Waals surface area contributed by atoms with Crippen LogP contribution in [0, 0.1) is 5.92 Å². The van der Waals surface area contributed by atoms with Crippen LogP contribution in [-0.2, 0) is 13.0 Å². The molecule has 1 aromatic carbocycles. The van der Waals surface area contributed by atoms with Gasteiger partial charge in [0, 0.05) is 18.3 Å². The first kappa shape index (κ1) is 16.0. The lowest BCUT2D eigenvalue weighted by Gasteiger charge is -2.34. The van der Waals surface area contributed by atoms with Crippen LogP contribution in [0.1, 0.15) is 24.0 Å². The minimum atomic E-state index is -0.247. The van der Waals surface area contributed by atoms with Crippen molar-refractivity contribution in [1.82, 2.24) is 9.88 Å². The normalized spacial score (nSPS) is 18.0. The van der Waals surface area contributed by atoms with Crippen LogP contribution in [0.25, 0.3) is 0 Å². The second-order valence-electron chi connectivity index (χ2n) is 6.42. The summed E-state index contributed by atoms with van der Waals surface area (Å²) in [5.74, 6) is 1.01. The lowest BCUT2D eigenvalue weighted by atomic mass is 9.88. The average Bonchev–Trinajstić information content (AvgIpc) is 2.58. The number of hydrogen-bond acceptors (Lipinski definition) is 4. The molecule has 0 spiro atoms. The van der Waals surface area contributed by atoms with E-state index >= 15 is 0 Å². The van der Waals surface area contributed by atoms with Gasteiger partial charge in [-0.1, -0.05) is 36.4 Å². The van der Waals surface area contributed by atoms with Gasteiger partial charge in [-0.15, -0.1) is 0 Å². The van der Waals surface area contributed by atoms with Crippen molar-refractivity contribution in [2.24, 2.45) is 5.92 Å². The van der Waals surface area contributed by atoms with Gasteiger partial charge < -0.3 is 10.8 Å². The zero-order valence-corrected chi connectivity index (χ0v) is 13.4. The summed E-state index contributed by atoms with van der Waals surface area (Å²) in [6.07, 6.45) is 4.30. The van der Waals surface area contributed by atoms with Crippen molar-refractivity contribution in [3.8, 4) is 0 Å². The van der Waals surface area contributed by atoms with Gasteiger partial charge in [-0.2, -0.15) is 0 Å². The van der Waals surface area contributed by atoms with Gasteiger partial charge in [0.05, 0.1) is 6.10 Å². The molecule has 1 unspecified atom stereocenters. The molecule has 0 amide bonds. The molecule has 1 atom stereocenters. The third-order valence-corrected chi connectivity index (χ3v) is 4.78. The maximum absolute atomic E-state index is 10.5. The van der Waals surface area contributed by atoms with Gasteiger partial charge in [0.25, 0.3) is 0 Å². The van der Waals surface area contributed by atoms with Crippen LogP contribution in [-0.4, -0.2) is 34.2 Å². The van der Waals surface area contributed by atoms with E-state index in [0.717, 1.165) is 44.5 Å². The molecule has 1 aliphatic rings. The summed E-state index contributed by atoms with van der Waals surface area (Å²) in [6, 6.07) is 14.2. The molecule has 23 heavy (non-hydrogen) atoms. The first-order valence-electron chi connectivity index (χ1n) is 8.36. The molecule has 3 rings (SSSR count). The van der Waals surface area contributed by atoms with Crippen LogP contribution in [0.5, 0.6) is 0 Å². The number of hydrogen-bond donors (Lipinski definition) is 2. The Bertz CT molecular complexity index is 609. The van der Waals surface area contributed by atoms with Gasteiger partial charge in [-0.05, 0) is 49.9 Å². The average molecular weight is 311 g/mol. The Morgan fingerprint density at radius 1 is 1.13 bits per heavy atom. The molecule has 3 N–H and O–H groups in total. The highest BCUT2D eigenvalue weighted by atomic mass is 16.3. The highest BCUT2D eigenvalue weighted by Crippen LogP contribution is 2.24. The standard InChI is InChI=1S/C19H25N3O/c20-19-17(7-4-10-21-19)14-22-11-8-16(9-12-22)18(23)13-15-5-2-1-3-6-15/h1-7,10,16,18,23H,8-9,11-14H2,(H2,20,21). The van der Waals surface area contributed by atoms with E-state index < -0.39 is 0 Å². The number of nitrogens with zero attached hydrogens (tertiary/aromatic N) is 2. The Morgan fingerprint density at radius 3 is 2.57 bits per heavy atom. The number of likely N-dealkylation sites (tertiary alicyclic amines) is 1. The van der Waals surface area contributed by atoms with Crippen molar-refractivity contribution in [1.29, 1.82) is 0 Å². The molecule has 2 heterocycles. The first-order valence-corrected chi connectivity index (χ1v) is 8.36. The van der Waals surface area contributed by atoms with Crippen LogP contribution in [0.3, 0.4) is 0 Å². The Morgan fingerprint density at radius 2 is 1.87 bits per heavy atom. The highest BCUT2D eigenvalue weighted by molar-refractivity contribution is 5.38. The molecule has 1 saturated heterocycles. The van der Waals surface area contributed by atoms with Gasteiger partial charge in [-0.3, -0.25) is 4.90 Å². The minimum Gasteiger partial charge on any atom is -0.392 e. The Kier molecular flexibility index (Phi) is 5.26. The molecule has 4 nitrogen and oxygen atoms in total. The van der Waals surface area contributed by atoms with Crippen molar-refractivity contribution in [3.63, 3.8) is 0 Å². The van der Waals surface area contributed by atoms with Crippen LogP contribution in [0.4, 0.5) is 5.82 Å². The van der Waals surface area contributed by atoms with E-state index in [2.05, 4.69) is 22.0 Å². The Labute approximate surface area is 138 Å². The van der Waals surface area contributed by atoms with E-state index in [-0.39, 0.29) is 6.10 Å². The zero-order valence-electron chi connectivity index (χ0n) is 13.4. The molecular weight excluding hydrogens is 286 g/mol. The number of nitrogen functional groups attached to an aromatic ring is 1. The monoisotopic (exact) mass is 311 g/mol. The fraction of sp³-hybridized carbons (Fsp3) is 0.421. The second-order valence-corrected chi connectivity index (χ2v) is 6.42. The summed E-state index contributed by atoms with van der Waals surface area (Å²) in [7, 11) is 0. The molecule has 2 aromatic rings. The summed E-state index contributed by atoms with van der Waals surface area (Å²) >= 11 is 0. The first-order chi connectivity index (χ1) is 11.2. The number of piperidine rings is 1. The van der Waals surface area contributed by atoms with E-state index in [1.54, 1.807) is 6.20 Å². The summed E-state index contributed by atoms with van der Waals surface area (Å²) in [4.78, 5) is 6.55. The zero-order chi connectivity index (χ0) is 16.1. The maximum Gasteiger partial charge on any atom is 0.127 e. The number of anilines is 1. The van der Waals surface area contributed by atoms with Crippen molar-refractivity contribution in [2.75, 3.05) is 18.8 Å². The lowest BCUT2D eigenvalue weighted by Crippen LogP contribution is -2.38. The lowest BCUT2D eigenvalue weighted by molar-refractivity contribution is 0.0577. The SMILES string of the molecule is Nc1ncccc1CN1CCC(C(O)Cc2ccccc2)CC1. The van der Waals surface area contributed by atoms with Crippen molar-refractivity contribution in [3.05, 3.63) is 59.8 Å². The van der Waals surface area contributed by atoms with E-state index in [1.165, 1.54) is 5.56 Å². The smallest absolute Gasteiger partial charge is 0.127 e. The van der Waals surface area contributed by atoms with E-state index in [4.69, 9.17) is 5.73 Å². The number of nitrogens with two attached hydrogens (primary N) is 1. The van der Waals surface area contributed by atoms with Gasteiger partial charge in [0.2, 0.25) is 0 Å². The Balaban J connectivity index is 1.49. The molecule has 1 fully saturated rings. The fourth-order valence-corrected chi connectivity index (χ4v) is 3.34. The summed E-state index contributed by atoms with van der Waals surface area (Å²) in [6.45, 7) is 2.86. The van der Waals surface area contributed by atoms with E-state index in [0.29, 0.717) is 11.7 Å².